The predicted molar refractivity (Wildman–Crippen MR) is 51.4 cm³/mol. The van der Waals surface area contributed by atoms with Gasteiger partial charge in [0.25, 0.3) is 0 Å². The van der Waals surface area contributed by atoms with Crippen molar-refractivity contribution < 1.29 is 9.53 Å². The van der Waals surface area contributed by atoms with Crippen molar-refractivity contribution in [3.8, 4) is 0 Å². The zero-order chi connectivity index (χ0) is 9.84. The first-order valence-electron chi connectivity index (χ1n) is 4.98. The van der Waals surface area contributed by atoms with Crippen LogP contribution in [0.3, 0.4) is 0 Å². The predicted octanol–water partition coefficient (Wildman–Crippen LogP) is 1.28. The average molecular weight is 185 g/mol. The van der Waals surface area contributed by atoms with E-state index < -0.39 is 0 Å². The average Bonchev–Trinajstić information content (AvgIpc) is 2.76. The summed E-state index contributed by atoms with van der Waals surface area (Å²) >= 11 is 0. The molecule has 0 bridgehead atoms. The molecule has 1 rings (SSSR count). The second-order valence-electron chi connectivity index (χ2n) is 4.00. The molecule has 0 aromatic rings. The third-order valence-electron chi connectivity index (χ3n) is 2.42. The lowest BCUT2D eigenvalue weighted by molar-refractivity contribution is -0.141. The van der Waals surface area contributed by atoms with Gasteiger partial charge in [-0.1, -0.05) is 13.8 Å². The number of hydrogen-bond acceptors (Lipinski definition) is 3. The Labute approximate surface area is 80.1 Å². The van der Waals surface area contributed by atoms with Crippen molar-refractivity contribution in [1.82, 2.24) is 4.90 Å². The molecule has 3 nitrogen and oxygen atoms in total. The van der Waals surface area contributed by atoms with Gasteiger partial charge in [0, 0.05) is 26.1 Å². The third kappa shape index (κ3) is 3.77. The molecule has 0 spiro atoms. The highest BCUT2D eigenvalue weighted by molar-refractivity contribution is 5.65. The van der Waals surface area contributed by atoms with Crippen molar-refractivity contribution in [1.29, 1.82) is 0 Å². The fourth-order valence-corrected chi connectivity index (χ4v) is 1.57. The van der Waals surface area contributed by atoms with Crippen LogP contribution in [0.25, 0.3) is 0 Å². The quantitative estimate of drug-likeness (QED) is 0.367. The summed E-state index contributed by atoms with van der Waals surface area (Å²) in [5.41, 5.74) is 0. The SMILES string of the molecule is CC(=O)OCCCN1CC1C(C)C. The highest BCUT2D eigenvalue weighted by atomic mass is 16.5. The molecule has 2 atom stereocenters. The molecule has 0 radical (unpaired) electrons. The summed E-state index contributed by atoms with van der Waals surface area (Å²) in [7, 11) is 0. The molecular formula is C10H19NO2. The molecule has 0 aromatic heterocycles. The van der Waals surface area contributed by atoms with Crippen molar-refractivity contribution in [3.63, 3.8) is 0 Å². The summed E-state index contributed by atoms with van der Waals surface area (Å²) in [6.07, 6.45) is 0.961. The van der Waals surface area contributed by atoms with Gasteiger partial charge in [0.05, 0.1) is 6.61 Å². The van der Waals surface area contributed by atoms with Crippen LogP contribution in [0.1, 0.15) is 27.2 Å². The molecule has 1 fully saturated rings. The first kappa shape index (κ1) is 10.5. The monoisotopic (exact) mass is 185 g/mol. The minimum atomic E-state index is -0.175. The Bertz CT molecular complexity index is 180. The van der Waals surface area contributed by atoms with E-state index in [1.807, 2.05) is 0 Å². The van der Waals surface area contributed by atoms with E-state index in [0.717, 1.165) is 24.9 Å². The number of carbonyl (C=O) groups is 1. The molecule has 76 valence electrons. The summed E-state index contributed by atoms with van der Waals surface area (Å²) < 4.78 is 4.85. The summed E-state index contributed by atoms with van der Waals surface area (Å²) in [4.78, 5) is 12.9. The van der Waals surface area contributed by atoms with E-state index in [1.165, 1.54) is 13.5 Å². The van der Waals surface area contributed by atoms with E-state index in [4.69, 9.17) is 4.74 Å². The molecule has 1 aliphatic rings. The molecule has 2 unspecified atom stereocenters. The maximum Gasteiger partial charge on any atom is 0.302 e. The number of nitrogens with zero attached hydrogens (tertiary/aromatic N) is 1. The van der Waals surface area contributed by atoms with Gasteiger partial charge in [-0.15, -0.1) is 0 Å². The lowest BCUT2D eigenvalue weighted by atomic mass is 10.1. The van der Waals surface area contributed by atoms with Gasteiger partial charge in [-0.2, -0.15) is 0 Å². The Morgan fingerprint density at radius 1 is 1.62 bits per heavy atom. The topological polar surface area (TPSA) is 29.3 Å². The van der Waals surface area contributed by atoms with E-state index >= 15 is 0 Å². The minimum Gasteiger partial charge on any atom is -0.466 e. The van der Waals surface area contributed by atoms with E-state index in [2.05, 4.69) is 18.7 Å². The molecule has 0 amide bonds. The van der Waals surface area contributed by atoms with Crippen molar-refractivity contribution >= 4 is 5.97 Å². The highest BCUT2D eigenvalue weighted by Gasteiger charge is 2.35. The Kier molecular flexibility index (Phi) is 3.72. The van der Waals surface area contributed by atoms with Crippen molar-refractivity contribution in [2.24, 2.45) is 5.92 Å². The van der Waals surface area contributed by atoms with Crippen molar-refractivity contribution in [2.45, 2.75) is 33.2 Å². The Balaban J connectivity index is 1.94. The van der Waals surface area contributed by atoms with Crippen molar-refractivity contribution in [3.05, 3.63) is 0 Å². The van der Waals surface area contributed by atoms with Crippen molar-refractivity contribution in [2.75, 3.05) is 19.7 Å². The van der Waals surface area contributed by atoms with Gasteiger partial charge in [0.15, 0.2) is 0 Å². The number of esters is 1. The molecule has 1 aliphatic heterocycles. The zero-order valence-electron chi connectivity index (χ0n) is 8.75. The fourth-order valence-electron chi connectivity index (χ4n) is 1.57. The van der Waals surface area contributed by atoms with Crippen LogP contribution in [0.4, 0.5) is 0 Å². The molecule has 0 aliphatic carbocycles. The molecule has 0 aromatic carbocycles. The van der Waals surface area contributed by atoms with Gasteiger partial charge in [-0.25, -0.2) is 0 Å². The second kappa shape index (κ2) is 4.61. The summed E-state index contributed by atoms with van der Waals surface area (Å²) in [6.45, 7) is 8.80. The van der Waals surface area contributed by atoms with Gasteiger partial charge < -0.3 is 4.74 Å². The van der Waals surface area contributed by atoms with E-state index in [9.17, 15) is 4.79 Å². The second-order valence-corrected chi connectivity index (χ2v) is 4.00. The van der Waals surface area contributed by atoms with E-state index in [0.29, 0.717) is 6.61 Å². The highest BCUT2D eigenvalue weighted by Crippen LogP contribution is 2.24. The molecule has 1 heterocycles. The molecule has 3 heteroatoms. The fraction of sp³-hybridized carbons (Fsp3) is 0.900. The number of carbonyl (C=O) groups excluding carboxylic acids is 1. The van der Waals surface area contributed by atoms with Crippen LogP contribution in [0, 0.1) is 5.92 Å². The van der Waals surface area contributed by atoms with Crippen LogP contribution in [0.2, 0.25) is 0 Å². The minimum absolute atomic E-state index is 0.175. The molecular weight excluding hydrogens is 166 g/mol. The Hall–Kier alpha value is -0.570. The van der Waals surface area contributed by atoms with Crippen LogP contribution in [0.5, 0.6) is 0 Å². The standard InChI is InChI=1S/C10H19NO2/c1-8(2)10-7-11(10)5-4-6-13-9(3)12/h8,10H,4-7H2,1-3H3. The van der Waals surface area contributed by atoms with Gasteiger partial charge >= 0.3 is 5.97 Å². The molecule has 13 heavy (non-hydrogen) atoms. The lowest BCUT2D eigenvalue weighted by Gasteiger charge is -2.05. The first-order chi connectivity index (χ1) is 6.11. The summed E-state index contributed by atoms with van der Waals surface area (Å²) in [5.74, 6) is 0.583. The van der Waals surface area contributed by atoms with Gasteiger partial charge in [0.1, 0.15) is 0 Å². The smallest absolute Gasteiger partial charge is 0.302 e. The molecule has 0 N–H and O–H groups in total. The van der Waals surface area contributed by atoms with Gasteiger partial charge in [-0.3, -0.25) is 9.69 Å². The van der Waals surface area contributed by atoms with E-state index in [-0.39, 0.29) is 5.97 Å². The van der Waals surface area contributed by atoms with Crippen LogP contribution in [0.15, 0.2) is 0 Å². The largest absolute Gasteiger partial charge is 0.466 e. The van der Waals surface area contributed by atoms with E-state index in [1.54, 1.807) is 0 Å². The van der Waals surface area contributed by atoms with Crippen LogP contribution < -0.4 is 0 Å². The normalized spacial score (nSPS) is 26.2. The molecule has 0 saturated carbocycles. The van der Waals surface area contributed by atoms with Crippen LogP contribution in [-0.4, -0.2) is 36.6 Å². The van der Waals surface area contributed by atoms with Gasteiger partial charge in [0.2, 0.25) is 0 Å². The number of hydrogen-bond donors (Lipinski definition) is 0. The summed E-state index contributed by atoms with van der Waals surface area (Å²) in [6, 6.07) is 0.775. The Morgan fingerprint density at radius 3 is 2.77 bits per heavy atom. The van der Waals surface area contributed by atoms with Crippen LogP contribution in [-0.2, 0) is 9.53 Å². The van der Waals surface area contributed by atoms with Gasteiger partial charge in [-0.05, 0) is 12.3 Å². The zero-order valence-corrected chi connectivity index (χ0v) is 8.75. The first-order valence-corrected chi connectivity index (χ1v) is 4.98. The lowest BCUT2D eigenvalue weighted by Crippen LogP contribution is -2.11. The number of rotatable bonds is 5. The molecule has 1 saturated heterocycles. The van der Waals surface area contributed by atoms with Crippen LogP contribution >= 0.6 is 0 Å². The summed E-state index contributed by atoms with van der Waals surface area (Å²) in [5, 5.41) is 0. The number of ether oxygens (including phenoxy) is 1. The third-order valence-corrected chi connectivity index (χ3v) is 2.42. The maximum absolute atomic E-state index is 10.4. The Morgan fingerprint density at radius 2 is 2.31 bits per heavy atom. The maximum atomic E-state index is 10.4.